The quantitative estimate of drug-likeness (QED) is 0.756. The molecular weight excluding hydrogens is 234 g/mol. The summed E-state index contributed by atoms with van der Waals surface area (Å²) in [5.74, 6) is 0.0975. The van der Waals surface area contributed by atoms with Gasteiger partial charge in [-0.15, -0.1) is 0 Å². The number of nitrogens with two attached hydrogens (primary N) is 1. The Bertz CT molecular complexity index is 447. The normalized spacial score (nSPS) is 16.2. The molecule has 1 aromatic rings. The predicted octanol–water partition coefficient (Wildman–Crippen LogP) is 0.647. The van der Waals surface area contributed by atoms with E-state index in [0.29, 0.717) is 24.5 Å². The third-order valence-electron chi connectivity index (χ3n) is 2.82. The van der Waals surface area contributed by atoms with Crippen LogP contribution >= 0.6 is 12.2 Å². The van der Waals surface area contributed by atoms with Gasteiger partial charge in [0.15, 0.2) is 0 Å². The van der Waals surface area contributed by atoms with Crippen LogP contribution in [0.1, 0.15) is 12.0 Å². The molecule has 0 aliphatic carbocycles. The first-order valence-electron chi connectivity index (χ1n) is 5.59. The van der Waals surface area contributed by atoms with E-state index in [0.717, 1.165) is 17.8 Å². The fourth-order valence-electron chi connectivity index (χ4n) is 1.97. The zero-order valence-corrected chi connectivity index (χ0v) is 10.3. The zero-order chi connectivity index (χ0) is 12.3. The molecule has 0 radical (unpaired) electrons. The van der Waals surface area contributed by atoms with Gasteiger partial charge in [0.2, 0.25) is 5.91 Å². The maximum absolute atomic E-state index is 11.3. The van der Waals surface area contributed by atoms with E-state index in [2.05, 4.69) is 10.2 Å². The molecule has 0 aromatic heterocycles. The maximum Gasteiger partial charge on any atom is 0.221 e. The van der Waals surface area contributed by atoms with Gasteiger partial charge in [-0.05, 0) is 12.1 Å². The number of hydrogen-bond donors (Lipinski definition) is 2. The van der Waals surface area contributed by atoms with Crippen LogP contribution in [0.4, 0.5) is 5.69 Å². The Labute approximate surface area is 106 Å². The van der Waals surface area contributed by atoms with E-state index in [1.807, 2.05) is 24.3 Å². The van der Waals surface area contributed by atoms with E-state index in [1.165, 1.54) is 0 Å². The number of benzene rings is 1. The van der Waals surface area contributed by atoms with Crippen molar-refractivity contribution in [1.29, 1.82) is 0 Å². The lowest BCUT2D eigenvalue weighted by Crippen LogP contribution is -2.30. The van der Waals surface area contributed by atoms with Crippen LogP contribution in [0.3, 0.4) is 0 Å². The lowest BCUT2D eigenvalue weighted by atomic mass is 10.1. The second-order valence-electron chi connectivity index (χ2n) is 3.97. The minimum atomic E-state index is 0.0975. The van der Waals surface area contributed by atoms with Crippen LogP contribution in [0, 0.1) is 0 Å². The summed E-state index contributed by atoms with van der Waals surface area (Å²) in [7, 11) is 0. The van der Waals surface area contributed by atoms with Gasteiger partial charge in [-0.25, -0.2) is 0 Å². The van der Waals surface area contributed by atoms with E-state index in [4.69, 9.17) is 18.0 Å². The first-order valence-corrected chi connectivity index (χ1v) is 6.00. The van der Waals surface area contributed by atoms with Gasteiger partial charge in [-0.3, -0.25) is 4.79 Å². The second-order valence-corrected chi connectivity index (χ2v) is 4.41. The van der Waals surface area contributed by atoms with Gasteiger partial charge < -0.3 is 16.0 Å². The smallest absolute Gasteiger partial charge is 0.221 e. The number of hydrogen-bond acceptors (Lipinski definition) is 3. The summed E-state index contributed by atoms with van der Waals surface area (Å²) in [6, 6.07) is 7.78. The highest BCUT2D eigenvalue weighted by atomic mass is 32.1. The summed E-state index contributed by atoms with van der Waals surface area (Å²) < 4.78 is 0. The number of nitrogens with zero attached hydrogens (tertiary/aromatic N) is 1. The van der Waals surface area contributed by atoms with Gasteiger partial charge in [0.05, 0.1) is 0 Å². The standard InChI is InChI=1S/C12H15N3OS/c13-12(17)9-3-1-2-4-10(9)15-7-5-11(16)14-6-8-15/h1-4H,5-8H2,(H2,13,17)(H,14,16). The van der Waals surface area contributed by atoms with Gasteiger partial charge in [0.1, 0.15) is 4.99 Å². The van der Waals surface area contributed by atoms with Crippen molar-refractivity contribution < 1.29 is 4.79 Å². The second kappa shape index (κ2) is 5.14. The van der Waals surface area contributed by atoms with Crippen molar-refractivity contribution in [1.82, 2.24) is 5.32 Å². The molecule has 0 spiro atoms. The van der Waals surface area contributed by atoms with Crippen LogP contribution in [0.15, 0.2) is 24.3 Å². The molecule has 0 bridgehead atoms. The molecule has 0 unspecified atom stereocenters. The summed E-state index contributed by atoms with van der Waals surface area (Å²) in [5.41, 5.74) is 7.59. The van der Waals surface area contributed by atoms with Gasteiger partial charge in [-0.2, -0.15) is 0 Å². The average molecular weight is 249 g/mol. The zero-order valence-electron chi connectivity index (χ0n) is 9.48. The highest BCUT2D eigenvalue weighted by molar-refractivity contribution is 7.80. The summed E-state index contributed by atoms with van der Waals surface area (Å²) >= 11 is 5.04. The van der Waals surface area contributed by atoms with Crippen molar-refractivity contribution in [2.45, 2.75) is 6.42 Å². The van der Waals surface area contributed by atoms with Crippen LogP contribution < -0.4 is 16.0 Å². The number of rotatable bonds is 2. The van der Waals surface area contributed by atoms with Crippen LogP contribution in [-0.4, -0.2) is 30.5 Å². The molecule has 5 heteroatoms. The highest BCUT2D eigenvalue weighted by Gasteiger charge is 2.16. The Hall–Kier alpha value is -1.62. The molecular formula is C12H15N3OS. The average Bonchev–Trinajstić information content (AvgIpc) is 2.54. The van der Waals surface area contributed by atoms with Gasteiger partial charge in [0.25, 0.3) is 0 Å². The van der Waals surface area contributed by atoms with Crippen molar-refractivity contribution in [3.05, 3.63) is 29.8 Å². The molecule has 2 rings (SSSR count). The van der Waals surface area contributed by atoms with Gasteiger partial charge >= 0.3 is 0 Å². The molecule has 0 saturated carbocycles. The predicted molar refractivity (Wildman–Crippen MR) is 72.2 cm³/mol. The summed E-state index contributed by atoms with van der Waals surface area (Å²) in [6.07, 6.45) is 0.506. The van der Waals surface area contributed by atoms with E-state index >= 15 is 0 Å². The van der Waals surface area contributed by atoms with E-state index in [9.17, 15) is 4.79 Å². The Morgan fingerprint density at radius 1 is 1.35 bits per heavy atom. The number of amides is 1. The molecule has 3 N–H and O–H groups in total. The lowest BCUT2D eigenvalue weighted by Gasteiger charge is -2.24. The SMILES string of the molecule is NC(=S)c1ccccc1N1CCNC(=O)CC1. The minimum Gasteiger partial charge on any atom is -0.389 e. The molecule has 0 atom stereocenters. The fraction of sp³-hybridized carbons (Fsp3) is 0.333. The molecule has 1 fully saturated rings. The molecule has 1 amide bonds. The van der Waals surface area contributed by atoms with Crippen molar-refractivity contribution in [3.8, 4) is 0 Å². The summed E-state index contributed by atoms with van der Waals surface area (Å²) in [5, 5.41) is 2.85. The molecule has 17 heavy (non-hydrogen) atoms. The fourth-order valence-corrected chi connectivity index (χ4v) is 2.14. The van der Waals surface area contributed by atoms with E-state index < -0.39 is 0 Å². The van der Waals surface area contributed by atoms with Crippen molar-refractivity contribution in [2.75, 3.05) is 24.5 Å². The van der Waals surface area contributed by atoms with Crippen LogP contribution in [0.2, 0.25) is 0 Å². The van der Waals surface area contributed by atoms with E-state index in [-0.39, 0.29) is 5.91 Å². The highest BCUT2D eigenvalue weighted by Crippen LogP contribution is 2.20. The number of anilines is 1. The van der Waals surface area contributed by atoms with Crippen LogP contribution in [-0.2, 0) is 4.79 Å². The Kier molecular flexibility index (Phi) is 3.58. The Balaban J connectivity index is 2.26. The van der Waals surface area contributed by atoms with Gasteiger partial charge in [-0.1, -0.05) is 24.4 Å². The van der Waals surface area contributed by atoms with Crippen molar-refractivity contribution in [2.24, 2.45) is 5.73 Å². The number of para-hydroxylation sites is 1. The Morgan fingerprint density at radius 3 is 2.88 bits per heavy atom. The summed E-state index contributed by atoms with van der Waals surface area (Å²) in [4.78, 5) is 13.8. The summed E-state index contributed by atoms with van der Waals surface area (Å²) in [6.45, 7) is 2.14. The van der Waals surface area contributed by atoms with Gasteiger partial charge in [0, 0.05) is 37.3 Å². The molecule has 1 heterocycles. The maximum atomic E-state index is 11.3. The number of carbonyl (C=O) groups is 1. The molecule has 4 nitrogen and oxygen atoms in total. The van der Waals surface area contributed by atoms with Crippen LogP contribution in [0.25, 0.3) is 0 Å². The monoisotopic (exact) mass is 249 g/mol. The lowest BCUT2D eigenvalue weighted by molar-refractivity contribution is -0.120. The van der Waals surface area contributed by atoms with Crippen molar-refractivity contribution in [3.63, 3.8) is 0 Å². The number of carbonyl (C=O) groups excluding carboxylic acids is 1. The first-order chi connectivity index (χ1) is 8.18. The third-order valence-corrected chi connectivity index (χ3v) is 3.04. The minimum absolute atomic E-state index is 0.0975. The van der Waals surface area contributed by atoms with Crippen LogP contribution in [0.5, 0.6) is 0 Å². The molecule has 1 aromatic carbocycles. The van der Waals surface area contributed by atoms with E-state index in [1.54, 1.807) is 0 Å². The van der Waals surface area contributed by atoms with Crippen molar-refractivity contribution >= 4 is 28.8 Å². The molecule has 1 saturated heterocycles. The largest absolute Gasteiger partial charge is 0.389 e. The molecule has 1 aliphatic rings. The molecule has 1 aliphatic heterocycles. The Morgan fingerprint density at radius 2 is 2.12 bits per heavy atom. The first kappa shape index (κ1) is 11.9. The topological polar surface area (TPSA) is 58.4 Å². The third kappa shape index (κ3) is 2.74. The number of nitrogens with one attached hydrogen (secondary N) is 1. The number of thiocarbonyl (C=S) groups is 1. The molecule has 90 valence electrons.